The Labute approximate surface area is 132 Å². The third-order valence-corrected chi connectivity index (χ3v) is 5.79. The maximum Gasteiger partial charge on any atom is 0.0639 e. The highest BCUT2D eigenvalue weighted by Crippen LogP contribution is 2.43. The second kappa shape index (κ2) is 5.66. The zero-order valence-electron chi connectivity index (χ0n) is 12.4. The van der Waals surface area contributed by atoms with Crippen molar-refractivity contribution < 1.29 is 0 Å². The molecule has 2 aliphatic carbocycles. The minimum absolute atomic E-state index is 0.872. The van der Waals surface area contributed by atoms with E-state index in [1.54, 1.807) is 0 Å². The molecule has 4 rings (SSSR count). The van der Waals surface area contributed by atoms with Crippen LogP contribution in [0.5, 0.6) is 0 Å². The van der Waals surface area contributed by atoms with Gasteiger partial charge in [-0.15, -0.1) is 0 Å². The van der Waals surface area contributed by atoms with E-state index in [1.807, 2.05) is 12.1 Å². The van der Waals surface area contributed by atoms with E-state index in [1.165, 1.54) is 38.2 Å². The molecular weight excluding hydrogens is 280 g/mol. The highest BCUT2D eigenvalue weighted by Gasteiger charge is 2.36. The van der Waals surface area contributed by atoms with Crippen LogP contribution in [0.3, 0.4) is 0 Å². The Morgan fingerprint density at radius 1 is 1.00 bits per heavy atom. The van der Waals surface area contributed by atoms with E-state index >= 15 is 0 Å². The van der Waals surface area contributed by atoms with Crippen LogP contribution in [-0.4, -0.2) is 37.6 Å². The molecular formula is C18H23ClN2. The van der Waals surface area contributed by atoms with Crippen molar-refractivity contribution in [3.63, 3.8) is 0 Å². The van der Waals surface area contributed by atoms with E-state index in [0.29, 0.717) is 0 Å². The van der Waals surface area contributed by atoms with Crippen LogP contribution in [0, 0.1) is 17.8 Å². The van der Waals surface area contributed by atoms with Crippen molar-refractivity contribution in [1.82, 2.24) is 4.90 Å². The molecule has 0 spiro atoms. The number of hydrogen-bond donors (Lipinski definition) is 0. The van der Waals surface area contributed by atoms with Gasteiger partial charge in [0.25, 0.3) is 0 Å². The molecule has 1 aromatic rings. The number of fused-ring (bicyclic) bond motifs is 2. The predicted molar refractivity (Wildman–Crippen MR) is 88.9 cm³/mol. The summed E-state index contributed by atoms with van der Waals surface area (Å²) in [4.78, 5) is 5.09. The molecule has 0 aromatic heterocycles. The number of hydrogen-bond acceptors (Lipinski definition) is 2. The summed E-state index contributed by atoms with van der Waals surface area (Å²) in [6, 6.07) is 8.21. The number of allylic oxidation sites excluding steroid dienone is 2. The van der Waals surface area contributed by atoms with Crippen LogP contribution < -0.4 is 4.90 Å². The first-order valence-corrected chi connectivity index (χ1v) is 8.57. The van der Waals surface area contributed by atoms with Gasteiger partial charge in [0, 0.05) is 32.7 Å². The maximum absolute atomic E-state index is 6.31. The molecule has 1 saturated heterocycles. The summed E-state index contributed by atoms with van der Waals surface area (Å²) in [7, 11) is 0. The smallest absolute Gasteiger partial charge is 0.0639 e. The molecule has 0 amide bonds. The Morgan fingerprint density at radius 2 is 1.81 bits per heavy atom. The zero-order chi connectivity index (χ0) is 14.2. The van der Waals surface area contributed by atoms with Crippen LogP contribution in [0.25, 0.3) is 0 Å². The lowest BCUT2D eigenvalue weighted by atomic mass is 9.93. The van der Waals surface area contributed by atoms with Crippen LogP contribution >= 0.6 is 11.6 Å². The number of benzene rings is 1. The van der Waals surface area contributed by atoms with Crippen LogP contribution in [-0.2, 0) is 0 Å². The van der Waals surface area contributed by atoms with E-state index in [0.717, 1.165) is 35.9 Å². The number of halogens is 1. The van der Waals surface area contributed by atoms with Crippen molar-refractivity contribution in [3.05, 3.63) is 41.4 Å². The first-order chi connectivity index (χ1) is 10.3. The van der Waals surface area contributed by atoms with Crippen molar-refractivity contribution >= 4 is 17.3 Å². The fraction of sp³-hybridized carbons (Fsp3) is 0.556. The molecule has 2 bridgehead atoms. The van der Waals surface area contributed by atoms with Gasteiger partial charge in [-0.3, -0.25) is 4.90 Å². The van der Waals surface area contributed by atoms with E-state index < -0.39 is 0 Å². The first-order valence-electron chi connectivity index (χ1n) is 8.20. The molecule has 2 fully saturated rings. The van der Waals surface area contributed by atoms with Gasteiger partial charge in [-0.2, -0.15) is 0 Å². The van der Waals surface area contributed by atoms with Crippen LogP contribution in [0.1, 0.15) is 12.8 Å². The van der Waals surface area contributed by atoms with Gasteiger partial charge in [0.05, 0.1) is 10.7 Å². The molecule has 112 valence electrons. The highest BCUT2D eigenvalue weighted by molar-refractivity contribution is 6.33. The summed E-state index contributed by atoms with van der Waals surface area (Å²) in [5, 5.41) is 0.879. The van der Waals surface area contributed by atoms with Crippen molar-refractivity contribution in [3.8, 4) is 0 Å². The average Bonchev–Trinajstić information content (AvgIpc) is 3.11. The molecule has 21 heavy (non-hydrogen) atoms. The molecule has 1 saturated carbocycles. The summed E-state index contributed by atoms with van der Waals surface area (Å²) in [5.41, 5.74) is 1.20. The lowest BCUT2D eigenvalue weighted by molar-refractivity contribution is 0.204. The number of anilines is 1. The highest BCUT2D eigenvalue weighted by atomic mass is 35.5. The summed E-state index contributed by atoms with van der Waals surface area (Å²) < 4.78 is 0. The molecule has 0 N–H and O–H groups in total. The number of piperazine rings is 1. The van der Waals surface area contributed by atoms with Crippen molar-refractivity contribution in [2.75, 3.05) is 37.6 Å². The predicted octanol–water partition coefficient (Wildman–Crippen LogP) is 3.67. The number of nitrogens with zero attached hydrogens (tertiary/aromatic N) is 2. The average molecular weight is 303 g/mol. The van der Waals surface area contributed by atoms with E-state index in [9.17, 15) is 0 Å². The van der Waals surface area contributed by atoms with E-state index in [2.05, 4.69) is 34.1 Å². The minimum Gasteiger partial charge on any atom is -0.368 e. The summed E-state index contributed by atoms with van der Waals surface area (Å²) in [6.45, 7) is 5.83. The van der Waals surface area contributed by atoms with Crippen LogP contribution in [0.2, 0.25) is 5.02 Å². The Balaban J connectivity index is 1.33. The van der Waals surface area contributed by atoms with Gasteiger partial charge in [-0.25, -0.2) is 0 Å². The normalized spacial score (nSPS) is 32.0. The fourth-order valence-electron chi connectivity index (χ4n) is 4.32. The van der Waals surface area contributed by atoms with E-state index in [4.69, 9.17) is 11.6 Å². The second-order valence-electron chi connectivity index (χ2n) is 6.78. The topological polar surface area (TPSA) is 6.48 Å². The molecule has 2 nitrogen and oxygen atoms in total. The van der Waals surface area contributed by atoms with Crippen molar-refractivity contribution in [1.29, 1.82) is 0 Å². The third-order valence-electron chi connectivity index (χ3n) is 5.47. The van der Waals surface area contributed by atoms with Crippen LogP contribution in [0.4, 0.5) is 5.69 Å². The molecule has 1 aliphatic heterocycles. The largest absolute Gasteiger partial charge is 0.368 e. The summed E-state index contributed by atoms with van der Waals surface area (Å²) in [6.07, 6.45) is 7.76. The Bertz CT molecular complexity index is 534. The molecule has 3 heteroatoms. The Morgan fingerprint density at radius 3 is 2.48 bits per heavy atom. The summed E-state index contributed by atoms with van der Waals surface area (Å²) >= 11 is 6.31. The molecule has 0 unspecified atom stereocenters. The molecule has 0 radical (unpaired) electrons. The van der Waals surface area contributed by atoms with Gasteiger partial charge in [-0.1, -0.05) is 35.9 Å². The zero-order valence-corrected chi connectivity index (χ0v) is 13.2. The monoisotopic (exact) mass is 302 g/mol. The second-order valence-corrected chi connectivity index (χ2v) is 7.19. The Kier molecular flexibility index (Phi) is 3.68. The van der Waals surface area contributed by atoms with Gasteiger partial charge in [0.15, 0.2) is 0 Å². The van der Waals surface area contributed by atoms with E-state index in [-0.39, 0.29) is 0 Å². The van der Waals surface area contributed by atoms with Crippen LogP contribution in [0.15, 0.2) is 36.4 Å². The van der Waals surface area contributed by atoms with Gasteiger partial charge < -0.3 is 4.90 Å². The molecule has 1 heterocycles. The Hall–Kier alpha value is -0.990. The maximum atomic E-state index is 6.31. The van der Waals surface area contributed by atoms with Crippen molar-refractivity contribution in [2.24, 2.45) is 17.8 Å². The lowest BCUT2D eigenvalue weighted by Crippen LogP contribution is -2.48. The molecule has 3 aliphatic rings. The third kappa shape index (κ3) is 2.72. The molecule has 3 atom stereocenters. The first kappa shape index (κ1) is 13.7. The lowest BCUT2D eigenvalue weighted by Gasteiger charge is -2.38. The number of para-hydroxylation sites is 1. The SMILES string of the molecule is Clc1ccccc1N1CCN(C[C@@H]2C[C@H]3C=C[C@H]2C3)CC1. The molecule has 1 aromatic carbocycles. The van der Waals surface area contributed by atoms with Gasteiger partial charge in [-0.05, 0) is 42.7 Å². The number of rotatable bonds is 3. The quantitative estimate of drug-likeness (QED) is 0.786. The van der Waals surface area contributed by atoms with Gasteiger partial charge in [0.1, 0.15) is 0 Å². The summed E-state index contributed by atoms with van der Waals surface area (Å²) in [5.74, 6) is 2.67. The minimum atomic E-state index is 0.872. The van der Waals surface area contributed by atoms with Gasteiger partial charge in [0.2, 0.25) is 0 Å². The van der Waals surface area contributed by atoms with Gasteiger partial charge >= 0.3 is 0 Å². The fourth-order valence-corrected chi connectivity index (χ4v) is 4.57. The van der Waals surface area contributed by atoms with Crippen molar-refractivity contribution in [2.45, 2.75) is 12.8 Å². The standard InChI is InChI=1S/C18H23ClN2/c19-17-3-1-2-4-18(17)21-9-7-20(8-10-21)13-16-12-14-5-6-15(16)11-14/h1-6,14-16H,7-13H2/t14-,15-,16-/m0/s1.